The van der Waals surface area contributed by atoms with E-state index in [9.17, 15) is 14.4 Å². The summed E-state index contributed by atoms with van der Waals surface area (Å²) in [6.45, 7) is 9.71. The van der Waals surface area contributed by atoms with Crippen molar-refractivity contribution >= 4 is 5.91 Å². The number of aromatic nitrogens is 4. The Labute approximate surface area is 233 Å². The van der Waals surface area contributed by atoms with Crippen LogP contribution in [0.4, 0.5) is 4.39 Å². The van der Waals surface area contributed by atoms with Crippen molar-refractivity contribution < 1.29 is 9.18 Å². The van der Waals surface area contributed by atoms with Gasteiger partial charge < -0.3 is 15.5 Å². The number of carbonyl (C=O) groups excluding carboxylic acids is 1. The van der Waals surface area contributed by atoms with Gasteiger partial charge in [0, 0.05) is 30.9 Å². The van der Waals surface area contributed by atoms with Gasteiger partial charge in [-0.15, -0.1) is 5.10 Å². The highest BCUT2D eigenvalue weighted by Gasteiger charge is 2.44. The molecule has 0 saturated carbocycles. The van der Waals surface area contributed by atoms with E-state index in [0.29, 0.717) is 49.7 Å². The van der Waals surface area contributed by atoms with Crippen LogP contribution >= 0.6 is 0 Å². The monoisotopic (exact) mass is 542 g/mol. The van der Waals surface area contributed by atoms with Gasteiger partial charge >= 0.3 is 0 Å². The second-order valence-electron chi connectivity index (χ2n) is 10.9. The Kier molecular flexibility index (Phi) is 7.68. The first-order valence-electron chi connectivity index (χ1n) is 13.7. The summed E-state index contributed by atoms with van der Waals surface area (Å²) < 4.78 is 14.5. The number of fused-ring (bicyclic) bond motifs is 2. The average molecular weight is 543 g/mol. The fourth-order valence-electron chi connectivity index (χ4n) is 6.53. The number of nitrogens with one attached hydrogen (secondary N) is 3. The molecule has 40 heavy (non-hydrogen) atoms. The van der Waals surface area contributed by atoms with Gasteiger partial charge in [0.25, 0.3) is 5.91 Å². The second-order valence-corrected chi connectivity index (χ2v) is 10.9. The molecule has 1 aliphatic heterocycles. The lowest BCUT2D eigenvalue weighted by atomic mass is 9.69. The summed E-state index contributed by atoms with van der Waals surface area (Å²) in [4.78, 5) is 14.6. The van der Waals surface area contributed by atoms with Crippen LogP contribution in [0.2, 0.25) is 0 Å². The first-order valence-corrected chi connectivity index (χ1v) is 13.7. The summed E-state index contributed by atoms with van der Waals surface area (Å²) in [5.74, 6) is 0.519. The second kappa shape index (κ2) is 11.2. The van der Waals surface area contributed by atoms with E-state index in [-0.39, 0.29) is 23.8 Å². The molecular formula is C30H35FN8O. The van der Waals surface area contributed by atoms with Gasteiger partial charge in [-0.3, -0.25) is 4.79 Å². The quantitative estimate of drug-likeness (QED) is 0.374. The zero-order valence-electron chi connectivity index (χ0n) is 23.2. The fraction of sp³-hybridized carbons (Fsp3) is 0.433. The van der Waals surface area contributed by atoms with Gasteiger partial charge in [0.05, 0.1) is 11.5 Å². The first-order chi connectivity index (χ1) is 19.3. The maximum absolute atomic E-state index is 14.5. The number of likely N-dealkylation sites (tertiary alicyclic amines) is 1. The van der Waals surface area contributed by atoms with Gasteiger partial charge in [-0.25, -0.2) is 9.49 Å². The Morgan fingerprint density at radius 2 is 1.95 bits per heavy atom. The van der Waals surface area contributed by atoms with E-state index in [1.807, 2.05) is 24.3 Å². The smallest absolute Gasteiger partial charge is 0.251 e. The van der Waals surface area contributed by atoms with Crippen LogP contribution in [0.25, 0.3) is 0 Å². The first kappa shape index (κ1) is 27.5. The Morgan fingerprint density at radius 1 is 1.23 bits per heavy atom. The summed E-state index contributed by atoms with van der Waals surface area (Å²) in [6.07, 6.45) is 2.66. The van der Waals surface area contributed by atoms with Crippen molar-refractivity contribution in [3.05, 3.63) is 88.1 Å². The van der Waals surface area contributed by atoms with Gasteiger partial charge in [-0.05, 0) is 102 Å². The van der Waals surface area contributed by atoms with Gasteiger partial charge in [0.15, 0.2) is 5.82 Å². The number of carbonyl (C=O) groups is 1. The number of H-pyrrole nitrogens is 1. The minimum Gasteiger partial charge on any atom is -0.355 e. The summed E-state index contributed by atoms with van der Waals surface area (Å²) >= 11 is 0. The standard InChI is InChI=1S/C30H35FN8O/c1-18-13-25(16-32)39(20(18)3)19(2)17-34-12-11-30(29-35-37-38-36-29)26-9-7-23(28(40)33-4)14-21(26)5-6-22-15-24(31)8-10-27(22)30/h7-10,14-15,18,20,25,34H,2,5-6,11-13,17H2,1,3-4H3,(H,33,40)(H,35,36,37,38)/t18-,20?,25?,30?/m0/s1. The highest BCUT2D eigenvalue weighted by Crippen LogP contribution is 2.46. The van der Waals surface area contributed by atoms with E-state index in [4.69, 9.17) is 0 Å². The van der Waals surface area contributed by atoms with E-state index in [2.05, 4.69) is 62.7 Å². The lowest BCUT2D eigenvalue weighted by Gasteiger charge is -2.35. The highest BCUT2D eigenvalue weighted by molar-refractivity contribution is 5.94. The van der Waals surface area contributed by atoms with Crippen LogP contribution in [0.15, 0.2) is 48.7 Å². The highest BCUT2D eigenvalue weighted by atomic mass is 19.1. The zero-order valence-corrected chi connectivity index (χ0v) is 23.2. The molecule has 3 N–H and O–H groups in total. The molecule has 1 fully saturated rings. The maximum Gasteiger partial charge on any atom is 0.251 e. The summed E-state index contributed by atoms with van der Waals surface area (Å²) in [6, 6.07) is 13.1. The summed E-state index contributed by atoms with van der Waals surface area (Å²) in [5, 5.41) is 31.1. The van der Waals surface area contributed by atoms with Crippen molar-refractivity contribution in [3.8, 4) is 6.07 Å². The number of hydrogen-bond donors (Lipinski definition) is 3. The molecule has 4 atom stereocenters. The number of tetrazole rings is 1. The van der Waals surface area contributed by atoms with Crippen molar-refractivity contribution in [3.63, 3.8) is 0 Å². The number of nitriles is 1. The Hall–Kier alpha value is -4.10. The number of aromatic amines is 1. The molecule has 3 unspecified atom stereocenters. The van der Waals surface area contributed by atoms with E-state index in [0.717, 1.165) is 34.4 Å². The molecular weight excluding hydrogens is 507 g/mol. The lowest BCUT2D eigenvalue weighted by Crippen LogP contribution is -2.39. The van der Waals surface area contributed by atoms with E-state index >= 15 is 0 Å². The minimum atomic E-state index is -0.807. The molecule has 2 aromatic carbocycles. The molecule has 1 aromatic heterocycles. The van der Waals surface area contributed by atoms with E-state index in [1.165, 1.54) is 6.07 Å². The molecule has 10 heteroatoms. The van der Waals surface area contributed by atoms with Crippen molar-refractivity contribution in [2.24, 2.45) is 5.92 Å². The number of hydrogen-bond acceptors (Lipinski definition) is 7. The minimum absolute atomic E-state index is 0.163. The third kappa shape index (κ3) is 4.75. The van der Waals surface area contributed by atoms with Crippen molar-refractivity contribution in [1.29, 1.82) is 5.26 Å². The van der Waals surface area contributed by atoms with Crippen LogP contribution in [-0.4, -0.2) is 63.7 Å². The molecule has 9 nitrogen and oxygen atoms in total. The molecule has 5 rings (SSSR count). The molecule has 2 aliphatic rings. The van der Waals surface area contributed by atoms with E-state index in [1.54, 1.807) is 13.1 Å². The van der Waals surface area contributed by atoms with Crippen LogP contribution in [0.3, 0.4) is 0 Å². The predicted molar refractivity (Wildman–Crippen MR) is 149 cm³/mol. The van der Waals surface area contributed by atoms with Gasteiger partial charge in [-0.2, -0.15) is 5.26 Å². The number of benzene rings is 2. The Balaban J connectivity index is 1.50. The molecule has 1 amide bonds. The van der Waals surface area contributed by atoms with Crippen molar-refractivity contribution in [1.82, 2.24) is 36.2 Å². The van der Waals surface area contributed by atoms with Crippen LogP contribution < -0.4 is 10.6 Å². The normalized spacial score (nSPS) is 23.6. The number of aryl methyl sites for hydroxylation is 2. The third-order valence-corrected chi connectivity index (χ3v) is 8.71. The fourth-order valence-corrected chi connectivity index (χ4v) is 6.53. The van der Waals surface area contributed by atoms with Gasteiger partial charge in [0.1, 0.15) is 11.9 Å². The number of nitrogens with zero attached hydrogens (tertiary/aromatic N) is 5. The molecule has 2 heterocycles. The Bertz CT molecular complexity index is 1450. The molecule has 3 aromatic rings. The Morgan fingerprint density at radius 3 is 2.62 bits per heavy atom. The SMILES string of the molecule is C=C(CNCCC1(c2nnn[nH]2)c2ccc(F)cc2CCc2cc(C(=O)NC)ccc21)N1C(C#N)C[C@H](C)C1C. The molecule has 0 radical (unpaired) electrons. The van der Waals surface area contributed by atoms with Crippen LogP contribution in [0, 0.1) is 23.1 Å². The number of halogens is 1. The summed E-state index contributed by atoms with van der Waals surface area (Å²) in [5.41, 5.74) is 4.45. The molecule has 0 spiro atoms. The van der Waals surface area contributed by atoms with Crippen molar-refractivity contribution in [2.45, 2.75) is 57.0 Å². The molecule has 0 bridgehead atoms. The molecule has 208 valence electrons. The number of amides is 1. The predicted octanol–water partition coefficient (Wildman–Crippen LogP) is 3.25. The van der Waals surface area contributed by atoms with Gasteiger partial charge in [-0.1, -0.05) is 25.6 Å². The van der Waals surface area contributed by atoms with Gasteiger partial charge in [0.2, 0.25) is 0 Å². The van der Waals surface area contributed by atoms with Crippen LogP contribution in [-0.2, 0) is 18.3 Å². The lowest BCUT2D eigenvalue weighted by molar-refractivity contribution is 0.0963. The zero-order chi connectivity index (χ0) is 28.4. The molecule has 1 saturated heterocycles. The maximum atomic E-state index is 14.5. The number of rotatable bonds is 8. The summed E-state index contributed by atoms with van der Waals surface area (Å²) in [7, 11) is 1.61. The van der Waals surface area contributed by atoms with Crippen molar-refractivity contribution in [2.75, 3.05) is 20.1 Å². The van der Waals surface area contributed by atoms with Crippen LogP contribution in [0.1, 0.15) is 65.1 Å². The molecule has 1 aliphatic carbocycles. The largest absolute Gasteiger partial charge is 0.355 e. The van der Waals surface area contributed by atoms with Crippen LogP contribution in [0.5, 0.6) is 0 Å². The van der Waals surface area contributed by atoms with E-state index < -0.39 is 5.41 Å². The third-order valence-electron chi connectivity index (χ3n) is 8.71. The topological polar surface area (TPSA) is 123 Å². The average Bonchev–Trinajstić information content (AvgIpc) is 3.57.